The van der Waals surface area contributed by atoms with Crippen LogP contribution in [0.4, 0.5) is 0 Å². The van der Waals surface area contributed by atoms with Crippen molar-refractivity contribution in [3.05, 3.63) is 32.6 Å². The molecule has 94 valence electrons. The normalized spacial score (nSPS) is 28.5. The Balaban J connectivity index is 2.34. The molecule has 0 aliphatic carbocycles. The molecule has 1 aromatic rings. The molecule has 7 heteroatoms. The molecule has 7 nitrogen and oxygen atoms in total. The summed E-state index contributed by atoms with van der Waals surface area (Å²) in [5.74, 6) is 0. The molecular formula is C10H14N2O5. The molecule has 0 unspecified atom stereocenters. The predicted molar refractivity (Wildman–Crippen MR) is 57.7 cm³/mol. The molecule has 17 heavy (non-hydrogen) atoms. The van der Waals surface area contributed by atoms with Crippen molar-refractivity contribution >= 4 is 0 Å². The minimum Gasteiger partial charge on any atom is -0.394 e. The average Bonchev–Trinajstić information content (AvgIpc) is 2.65. The number of H-pyrrole nitrogens is 1. The van der Waals surface area contributed by atoms with E-state index in [1.54, 1.807) is 6.92 Å². The second-order valence-electron chi connectivity index (χ2n) is 4.09. The number of aliphatic hydroxyl groups is 2. The first-order valence-corrected chi connectivity index (χ1v) is 5.29. The number of aryl methyl sites for hydroxylation is 1. The third kappa shape index (κ3) is 2.17. The molecule has 1 saturated heterocycles. The number of aromatic nitrogens is 2. The zero-order valence-corrected chi connectivity index (χ0v) is 9.29. The summed E-state index contributed by atoms with van der Waals surface area (Å²) in [6.45, 7) is 1.26. The van der Waals surface area contributed by atoms with Crippen LogP contribution >= 0.6 is 0 Å². The molecule has 0 bridgehead atoms. The first-order valence-electron chi connectivity index (χ1n) is 5.29. The van der Waals surface area contributed by atoms with Gasteiger partial charge in [0.25, 0.3) is 5.56 Å². The van der Waals surface area contributed by atoms with Gasteiger partial charge in [0.2, 0.25) is 0 Å². The van der Waals surface area contributed by atoms with E-state index >= 15 is 0 Å². The summed E-state index contributed by atoms with van der Waals surface area (Å²) < 4.78 is 6.54. The molecule has 1 fully saturated rings. The van der Waals surface area contributed by atoms with E-state index in [2.05, 4.69) is 4.98 Å². The van der Waals surface area contributed by atoms with Crippen LogP contribution in [-0.2, 0) is 4.74 Å². The molecule has 0 spiro atoms. The van der Waals surface area contributed by atoms with Crippen LogP contribution in [0.15, 0.2) is 15.8 Å². The number of hydrogen-bond acceptors (Lipinski definition) is 5. The second kappa shape index (κ2) is 4.44. The fourth-order valence-electron chi connectivity index (χ4n) is 1.85. The highest BCUT2D eigenvalue weighted by Gasteiger charge is 2.34. The van der Waals surface area contributed by atoms with Gasteiger partial charge in [-0.05, 0) is 6.92 Å². The zero-order valence-electron chi connectivity index (χ0n) is 9.29. The second-order valence-corrected chi connectivity index (χ2v) is 4.09. The molecule has 3 atom stereocenters. The summed E-state index contributed by atoms with van der Waals surface area (Å²) in [7, 11) is 0. The van der Waals surface area contributed by atoms with Gasteiger partial charge in [0.05, 0.1) is 12.7 Å². The highest BCUT2D eigenvalue weighted by Crippen LogP contribution is 2.27. The third-order valence-electron chi connectivity index (χ3n) is 2.84. The number of rotatable bonds is 2. The number of nitrogens with zero attached hydrogens (tertiary/aromatic N) is 1. The van der Waals surface area contributed by atoms with Gasteiger partial charge >= 0.3 is 5.69 Å². The predicted octanol–water partition coefficient (Wildman–Crippen LogP) is -1.51. The van der Waals surface area contributed by atoms with E-state index in [1.165, 1.54) is 10.8 Å². The quantitative estimate of drug-likeness (QED) is 0.586. The van der Waals surface area contributed by atoms with Crippen molar-refractivity contribution in [1.82, 2.24) is 9.55 Å². The van der Waals surface area contributed by atoms with Crippen molar-refractivity contribution in [3.63, 3.8) is 0 Å². The Kier molecular flexibility index (Phi) is 3.14. The maximum absolute atomic E-state index is 11.6. The number of aliphatic hydroxyl groups excluding tert-OH is 2. The number of aromatic amines is 1. The Morgan fingerprint density at radius 1 is 1.59 bits per heavy atom. The van der Waals surface area contributed by atoms with Crippen LogP contribution in [0.3, 0.4) is 0 Å². The van der Waals surface area contributed by atoms with Crippen molar-refractivity contribution in [2.75, 3.05) is 6.61 Å². The van der Waals surface area contributed by atoms with Crippen molar-refractivity contribution < 1.29 is 14.9 Å². The molecule has 1 aliphatic rings. The van der Waals surface area contributed by atoms with Gasteiger partial charge in [-0.1, -0.05) is 0 Å². The van der Waals surface area contributed by atoms with Gasteiger partial charge in [-0.25, -0.2) is 4.79 Å². The molecule has 0 saturated carbocycles. The number of nitrogens with one attached hydrogen (secondary N) is 1. The Morgan fingerprint density at radius 3 is 2.88 bits per heavy atom. The van der Waals surface area contributed by atoms with Crippen LogP contribution in [0.1, 0.15) is 18.2 Å². The topological polar surface area (TPSA) is 105 Å². The van der Waals surface area contributed by atoms with Crippen molar-refractivity contribution in [2.45, 2.75) is 31.8 Å². The Morgan fingerprint density at radius 2 is 2.29 bits per heavy atom. The van der Waals surface area contributed by atoms with E-state index in [1.807, 2.05) is 0 Å². The highest BCUT2D eigenvalue weighted by molar-refractivity contribution is 5.02. The van der Waals surface area contributed by atoms with Crippen LogP contribution in [0.5, 0.6) is 0 Å². The van der Waals surface area contributed by atoms with E-state index in [4.69, 9.17) is 9.84 Å². The lowest BCUT2D eigenvalue weighted by molar-refractivity contribution is -0.0459. The molecule has 3 N–H and O–H groups in total. The number of hydrogen-bond donors (Lipinski definition) is 3. The maximum Gasteiger partial charge on any atom is 0.330 e. The monoisotopic (exact) mass is 244 g/mol. The summed E-state index contributed by atoms with van der Waals surface area (Å²) in [6, 6.07) is 0. The average molecular weight is 244 g/mol. The van der Waals surface area contributed by atoms with Gasteiger partial charge in [-0.2, -0.15) is 0 Å². The molecule has 2 rings (SSSR count). The van der Waals surface area contributed by atoms with Gasteiger partial charge in [0.15, 0.2) is 0 Å². The summed E-state index contributed by atoms with van der Waals surface area (Å²) in [4.78, 5) is 24.9. The van der Waals surface area contributed by atoms with Gasteiger partial charge < -0.3 is 14.9 Å². The van der Waals surface area contributed by atoms with Crippen LogP contribution in [-0.4, -0.2) is 38.6 Å². The highest BCUT2D eigenvalue weighted by atomic mass is 16.6. The third-order valence-corrected chi connectivity index (χ3v) is 2.84. The molecule has 0 aromatic carbocycles. The van der Waals surface area contributed by atoms with Crippen LogP contribution in [0.2, 0.25) is 0 Å². The molecule has 1 aliphatic heterocycles. The van der Waals surface area contributed by atoms with E-state index in [0.29, 0.717) is 5.56 Å². The number of ether oxygens (including phenoxy) is 1. The molecule has 1 aromatic heterocycles. The van der Waals surface area contributed by atoms with Crippen molar-refractivity contribution in [2.24, 2.45) is 0 Å². The van der Waals surface area contributed by atoms with E-state index < -0.39 is 29.7 Å². The minimum atomic E-state index is -0.816. The summed E-state index contributed by atoms with van der Waals surface area (Å²) in [5.41, 5.74) is -0.643. The van der Waals surface area contributed by atoms with Crippen molar-refractivity contribution in [3.8, 4) is 0 Å². The maximum atomic E-state index is 11.6. The molecule has 0 radical (unpaired) electrons. The fraction of sp³-hybridized carbons (Fsp3) is 0.600. The Hall–Kier alpha value is -1.44. The zero-order chi connectivity index (χ0) is 12.6. The SMILES string of the molecule is Cc1cn([C@H]2C[C@H](O)[C@@H]([14CH2]O)O2)c(=O)[nH]c1=O. The lowest BCUT2D eigenvalue weighted by Crippen LogP contribution is -2.33. The minimum absolute atomic E-state index is 0.205. The first kappa shape index (κ1) is 12.0. The lowest BCUT2D eigenvalue weighted by atomic mass is 10.2. The van der Waals surface area contributed by atoms with Gasteiger partial charge in [-0.3, -0.25) is 14.3 Å². The van der Waals surface area contributed by atoms with Crippen LogP contribution < -0.4 is 11.2 Å². The summed E-state index contributed by atoms with van der Waals surface area (Å²) in [5, 5.41) is 18.5. The van der Waals surface area contributed by atoms with Gasteiger partial charge in [-0.15, -0.1) is 0 Å². The molecular weight excluding hydrogens is 230 g/mol. The Bertz CT molecular complexity index is 520. The smallest absolute Gasteiger partial charge is 0.330 e. The standard InChI is InChI=1S/C10H14N2O5/c1-5-3-12(10(16)11-9(5)15)8-2-6(14)7(4-13)17-8/h3,6-8,13-14H,2,4H2,1H3,(H,11,15,16)/t6-,7+,8+/m0/s1/i4+2. The molecule has 2 heterocycles. The summed E-state index contributed by atoms with van der Waals surface area (Å²) >= 11 is 0. The Labute approximate surface area is 96.3 Å². The largest absolute Gasteiger partial charge is 0.394 e. The first-order chi connectivity index (χ1) is 8.02. The lowest BCUT2D eigenvalue weighted by Gasteiger charge is -2.14. The fourth-order valence-corrected chi connectivity index (χ4v) is 1.85. The van der Waals surface area contributed by atoms with Crippen LogP contribution in [0.25, 0.3) is 0 Å². The van der Waals surface area contributed by atoms with E-state index in [0.717, 1.165) is 0 Å². The van der Waals surface area contributed by atoms with E-state index in [-0.39, 0.29) is 13.0 Å². The molecule has 0 amide bonds. The van der Waals surface area contributed by atoms with Crippen LogP contribution in [0, 0.1) is 6.92 Å². The van der Waals surface area contributed by atoms with Gasteiger partial charge in [0.1, 0.15) is 12.3 Å². The van der Waals surface area contributed by atoms with Gasteiger partial charge in [0, 0.05) is 18.2 Å². The van der Waals surface area contributed by atoms with E-state index in [9.17, 15) is 14.7 Å². The summed E-state index contributed by atoms with van der Waals surface area (Å²) in [6.07, 6.45) is -0.581. The van der Waals surface area contributed by atoms with Crippen molar-refractivity contribution in [1.29, 1.82) is 0 Å².